The van der Waals surface area contributed by atoms with Crippen molar-refractivity contribution in [3.05, 3.63) is 23.8 Å². The SMILES string of the molecule is CC[C@H](C)NC(=O)COn1nnc2ccc(C(=O)OC)cc21. The Balaban J connectivity index is 2.11. The minimum absolute atomic E-state index is 0.0783. The summed E-state index contributed by atoms with van der Waals surface area (Å²) in [6.07, 6.45) is 0.834. The van der Waals surface area contributed by atoms with Gasteiger partial charge in [0.05, 0.1) is 12.7 Å². The maximum absolute atomic E-state index is 11.7. The van der Waals surface area contributed by atoms with Gasteiger partial charge in [0, 0.05) is 6.04 Å². The van der Waals surface area contributed by atoms with E-state index < -0.39 is 5.97 Å². The van der Waals surface area contributed by atoms with Crippen LogP contribution in [0.15, 0.2) is 18.2 Å². The lowest BCUT2D eigenvalue weighted by atomic mass is 10.2. The number of methoxy groups -OCH3 is 1. The molecule has 0 aliphatic heterocycles. The molecule has 1 aromatic carbocycles. The largest absolute Gasteiger partial charge is 0.465 e. The van der Waals surface area contributed by atoms with E-state index in [1.165, 1.54) is 7.11 Å². The van der Waals surface area contributed by atoms with Crippen LogP contribution >= 0.6 is 0 Å². The van der Waals surface area contributed by atoms with Crippen molar-refractivity contribution < 1.29 is 19.2 Å². The Hall–Kier alpha value is -2.64. The lowest BCUT2D eigenvalue weighted by Crippen LogP contribution is -2.37. The van der Waals surface area contributed by atoms with Gasteiger partial charge in [0.25, 0.3) is 5.91 Å². The van der Waals surface area contributed by atoms with Crippen LogP contribution in [0, 0.1) is 0 Å². The van der Waals surface area contributed by atoms with Crippen molar-refractivity contribution in [2.75, 3.05) is 13.7 Å². The normalized spacial score (nSPS) is 12.0. The summed E-state index contributed by atoms with van der Waals surface area (Å²) in [6.45, 7) is 3.70. The molecule has 2 rings (SSSR count). The van der Waals surface area contributed by atoms with Gasteiger partial charge < -0.3 is 14.9 Å². The first-order chi connectivity index (χ1) is 10.5. The summed E-state index contributed by atoms with van der Waals surface area (Å²) in [5.41, 5.74) is 1.39. The number of rotatable bonds is 6. The predicted molar refractivity (Wildman–Crippen MR) is 78.2 cm³/mol. The van der Waals surface area contributed by atoms with Gasteiger partial charge in [-0.15, -0.1) is 5.10 Å². The van der Waals surface area contributed by atoms with E-state index in [0.29, 0.717) is 16.6 Å². The van der Waals surface area contributed by atoms with E-state index in [0.717, 1.165) is 11.3 Å². The van der Waals surface area contributed by atoms with Crippen LogP contribution in [-0.2, 0) is 9.53 Å². The quantitative estimate of drug-likeness (QED) is 0.784. The molecule has 8 nitrogen and oxygen atoms in total. The molecule has 1 amide bonds. The van der Waals surface area contributed by atoms with Crippen LogP contribution in [0.25, 0.3) is 11.0 Å². The lowest BCUT2D eigenvalue weighted by Gasteiger charge is -2.11. The number of aromatic nitrogens is 3. The summed E-state index contributed by atoms with van der Waals surface area (Å²) in [5, 5.41) is 10.5. The highest BCUT2D eigenvalue weighted by Crippen LogP contribution is 2.13. The van der Waals surface area contributed by atoms with Gasteiger partial charge in [-0.25, -0.2) is 4.79 Å². The molecule has 0 saturated carbocycles. The maximum atomic E-state index is 11.7. The van der Waals surface area contributed by atoms with Gasteiger partial charge in [0.2, 0.25) is 0 Å². The molecule has 118 valence electrons. The van der Waals surface area contributed by atoms with Gasteiger partial charge in [-0.05, 0) is 36.8 Å². The molecule has 0 saturated heterocycles. The zero-order chi connectivity index (χ0) is 16.1. The van der Waals surface area contributed by atoms with E-state index in [-0.39, 0.29) is 18.6 Å². The summed E-state index contributed by atoms with van der Waals surface area (Å²) in [5.74, 6) is -0.716. The number of ether oxygens (including phenoxy) is 1. The van der Waals surface area contributed by atoms with Crippen molar-refractivity contribution in [3.63, 3.8) is 0 Å². The smallest absolute Gasteiger partial charge is 0.337 e. The molecule has 0 unspecified atom stereocenters. The molecule has 8 heteroatoms. The Kier molecular flexibility index (Phi) is 4.92. The lowest BCUT2D eigenvalue weighted by molar-refractivity contribution is -0.126. The Labute approximate surface area is 127 Å². The second-order valence-corrected chi connectivity index (χ2v) is 4.81. The Morgan fingerprint density at radius 3 is 2.86 bits per heavy atom. The zero-order valence-corrected chi connectivity index (χ0v) is 12.7. The highest BCUT2D eigenvalue weighted by molar-refractivity contribution is 5.93. The van der Waals surface area contributed by atoms with Crippen molar-refractivity contribution >= 4 is 22.9 Å². The van der Waals surface area contributed by atoms with Crippen LogP contribution in [0.1, 0.15) is 30.6 Å². The second kappa shape index (κ2) is 6.88. The van der Waals surface area contributed by atoms with E-state index in [2.05, 4.69) is 20.4 Å². The van der Waals surface area contributed by atoms with Crippen molar-refractivity contribution in [2.45, 2.75) is 26.3 Å². The molecule has 1 heterocycles. The van der Waals surface area contributed by atoms with Crippen LogP contribution in [0.4, 0.5) is 0 Å². The van der Waals surface area contributed by atoms with Crippen LogP contribution in [0.3, 0.4) is 0 Å². The monoisotopic (exact) mass is 306 g/mol. The molecule has 0 spiro atoms. The third-order valence-electron chi connectivity index (χ3n) is 3.17. The number of fused-ring (bicyclic) bond motifs is 1. The molecule has 0 fully saturated rings. The predicted octanol–water partition coefficient (Wildman–Crippen LogP) is 0.561. The molecular weight excluding hydrogens is 288 g/mol. The van der Waals surface area contributed by atoms with Gasteiger partial charge in [-0.3, -0.25) is 4.79 Å². The first kappa shape index (κ1) is 15.7. The molecule has 1 N–H and O–H groups in total. The number of amides is 1. The first-order valence-corrected chi connectivity index (χ1v) is 6.91. The Morgan fingerprint density at radius 2 is 2.18 bits per heavy atom. The first-order valence-electron chi connectivity index (χ1n) is 6.91. The van der Waals surface area contributed by atoms with Crippen LogP contribution in [0.2, 0.25) is 0 Å². The fourth-order valence-electron chi connectivity index (χ4n) is 1.78. The average molecular weight is 306 g/mol. The molecule has 0 bridgehead atoms. The van der Waals surface area contributed by atoms with E-state index >= 15 is 0 Å². The molecule has 1 atom stereocenters. The number of esters is 1. The van der Waals surface area contributed by atoms with Gasteiger partial charge in [-0.2, -0.15) is 0 Å². The van der Waals surface area contributed by atoms with Gasteiger partial charge >= 0.3 is 5.97 Å². The van der Waals surface area contributed by atoms with Crippen molar-refractivity contribution in [1.29, 1.82) is 0 Å². The van der Waals surface area contributed by atoms with Crippen molar-refractivity contribution in [3.8, 4) is 0 Å². The fourth-order valence-corrected chi connectivity index (χ4v) is 1.78. The minimum Gasteiger partial charge on any atom is -0.465 e. The van der Waals surface area contributed by atoms with Crippen LogP contribution < -0.4 is 10.2 Å². The van der Waals surface area contributed by atoms with Gasteiger partial charge in [0.15, 0.2) is 6.61 Å². The number of nitrogens with zero attached hydrogens (tertiary/aromatic N) is 3. The molecule has 22 heavy (non-hydrogen) atoms. The highest BCUT2D eigenvalue weighted by Gasteiger charge is 2.13. The summed E-state index contributed by atoms with van der Waals surface area (Å²) < 4.78 is 4.66. The van der Waals surface area contributed by atoms with Gasteiger partial charge in [0.1, 0.15) is 11.0 Å². The number of carbonyl (C=O) groups excluding carboxylic acids is 2. The Morgan fingerprint density at radius 1 is 1.41 bits per heavy atom. The topological polar surface area (TPSA) is 95.3 Å². The van der Waals surface area contributed by atoms with Crippen LogP contribution in [0.5, 0.6) is 0 Å². The number of carbonyl (C=O) groups is 2. The molecule has 2 aromatic rings. The maximum Gasteiger partial charge on any atom is 0.337 e. The number of hydrogen-bond acceptors (Lipinski definition) is 6. The number of hydrogen-bond donors (Lipinski definition) is 1. The molecule has 1 aromatic heterocycles. The molecular formula is C14H18N4O4. The fraction of sp³-hybridized carbons (Fsp3) is 0.429. The average Bonchev–Trinajstić information content (AvgIpc) is 2.94. The highest BCUT2D eigenvalue weighted by atomic mass is 16.7. The van der Waals surface area contributed by atoms with E-state index in [1.54, 1.807) is 18.2 Å². The van der Waals surface area contributed by atoms with Crippen LogP contribution in [-0.4, -0.2) is 46.8 Å². The van der Waals surface area contributed by atoms with E-state index in [4.69, 9.17) is 4.84 Å². The Bertz CT molecular complexity index is 683. The van der Waals surface area contributed by atoms with E-state index in [9.17, 15) is 9.59 Å². The molecule has 0 aliphatic rings. The summed E-state index contributed by atoms with van der Waals surface area (Å²) in [4.78, 5) is 29.7. The van der Waals surface area contributed by atoms with Crippen molar-refractivity contribution in [1.82, 2.24) is 20.5 Å². The standard InChI is InChI=1S/C14H18N4O4/c1-4-9(2)15-13(19)8-22-18-12-7-10(14(20)21-3)5-6-11(12)16-17-18/h5-7,9H,4,8H2,1-3H3,(H,15,19)/t9-/m0/s1. The zero-order valence-electron chi connectivity index (χ0n) is 12.7. The molecule has 0 radical (unpaired) electrons. The second-order valence-electron chi connectivity index (χ2n) is 4.81. The summed E-state index contributed by atoms with van der Waals surface area (Å²) in [6, 6.07) is 4.85. The third kappa shape index (κ3) is 3.51. The van der Waals surface area contributed by atoms with E-state index in [1.807, 2.05) is 13.8 Å². The van der Waals surface area contributed by atoms with Crippen molar-refractivity contribution in [2.24, 2.45) is 0 Å². The number of benzene rings is 1. The summed E-state index contributed by atoms with van der Waals surface area (Å²) in [7, 11) is 1.30. The minimum atomic E-state index is -0.468. The third-order valence-corrected chi connectivity index (χ3v) is 3.17. The number of nitrogens with one attached hydrogen (secondary N) is 1. The molecule has 0 aliphatic carbocycles. The van der Waals surface area contributed by atoms with Gasteiger partial charge in [-0.1, -0.05) is 11.8 Å². The summed E-state index contributed by atoms with van der Waals surface area (Å²) >= 11 is 0.